The number of rotatable bonds is 4. The molecule has 1 heterocycles. The fourth-order valence-corrected chi connectivity index (χ4v) is 4.83. The molecule has 1 aromatic carbocycles. The zero-order valence-corrected chi connectivity index (χ0v) is 15.3. The summed E-state index contributed by atoms with van der Waals surface area (Å²) in [5.74, 6) is -0.715. The van der Waals surface area contributed by atoms with Crippen LogP contribution < -0.4 is 0 Å². The first-order valence-corrected chi connectivity index (χ1v) is 10.1. The highest BCUT2D eigenvalue weighted by Gasteiger charge is 2.31. The van der Waals surface area contributed by atoms with Crippen molar-refractivity contribution in [1.82, 2.24) is 4.90 Å². The molecule has 0 unspecified atom stereocenters. The summed E-state index contributed by atoms with van der Waals surface area (Å²) in [4.78, 5) is 14.3. The van der Waals surface area contributed by atoms with E-state index in [4.69, 9.17) is 0 Å². The molecule has 5 heteroatoms. The molecular weight excluding hydrogens is 310 g/mol. The van der Waals surface area contributed by atoms with Gasteiger partial charge in [0.05, 0.1) is 5.75 Å². The van der Waals surface area contributed by atoms with Gasteiger partial charge >= 0.3 is 0 Å². The number of benzene rings is 1. The third kappa shape index (κ3) is 4.56. The van der Waals surface area contributed by atoms with Gasteiger partial charge in [-0.05, 0) is 58.1 Å². The Balaban J connectivity index is 2.11. The maximum absolute atomic E-state index is 12.5. The molecule has 0 bridgehead atoms. The normalized spacial score (nSPS) is 22.2. The number of sulfone groups is 1. The van der Waals surface area contributed by atoms with E-state index < -0.39 is 15.6 Å². The van der Waals surface area contributed by atoms with Gasteiger partial charge in [-0.2, -0.15) is 0 Å². The van der Waals surface area contributed by atoms with Crippen LogP contribution >= 0.6 is 0 Å². The number of carbonyl (C=O) groups excluding carboxylic acids is 1. The molecule has 1 amide bonds. The minimum absolute atomic E-state index is 0.0666. The van der Waals surface area contributed by atoms with Crippen molar-refractivity contribution in [3.05, 3.63) is 34.9 Å². The van der Waals surface area contributed by atoms with E-state index in [0.717, 1.165) is 36.0 Å². The Morgan fingerprint density at radius 2 is 1.78 bits per heavy atom. The Morgan fingerprint density at radius 1 is 1.17 bits per heavy atom. The van der Waals surface area contributed by atoms with E-state index in [9.17, 15) is 13.2 Å². The first-order valence-electron chi connectivity index (χ1n) is 8.27. The number of carbonyl (C=O) groups is 1. The Hall–Kier alpha value is -1.36. The second-order valence-corrected chi connectivity index (χ2v) is 8.96. The van der Waals surface area contributed by atoms with Gasteiger partial charge in [0.25, 0.3) is 0 Å². The predicted molar refractivity (Wildman–Crippen MR) is 93.0 cm³/mol. The summed E-state index contributed by atoms with van der Waals surface area (Å²) in [6, 6.07) is 6.04. The zero-order chi connectivity index (χ0) is 17.2. The maximum Gasteiger partial charge on any atom is 0.238 e. The lowest BCUT2D eigenvalue weighted by Crippen LogP contribution is -2.49. The van der Waals surface area contributed by atoms with Crippen LogP contribution in [0.4, 0.5) is 0 Å². The smallest absolute Gasteiger partial charge is 0.238 e. The van der Waals surface area contributed by atoms with Crippen LogP contribution in [0.25, 0.3) is 0 Å². The van der Waals surface area contributed by atoms with E-state index >= 15 is 0 Å². The van der Waals surface area contributed by atoms with E-state index in [-0.39, 0.29) is 23.7 Å². The maximum atomic E-state index is 12.5. The molecule has 128 valence electrons. The SMILES string of the molecule is Cc1ccc(C)c(CS(=O)(=O)CC(=O)N2[C@H](C)CCC[C@H]2C)c1. The first-order chi connectivity index (χ1) is 10.7. The summed E-state index contributed by atoms with van der Waals surface area (Å²) in [6.45, 7) is 7.86. The molecule has 1 fully saturated rings. The topological polar surface area (TPSA) is 54.5 Å². The zero-order valence-electron chi connectivity index (χ0n) is 14.5. The van der Waals surface area contributed by atoms with Gasteiger partial charge < -0.3 is 4.90 Å². The fourth-order valence-electron chi connectivity index (χ4n) is 3.42. The number of amides is 1. The van der Waals surface area contributed by atoms with Crippen LogP contribution in [-0.2, 0) is 20.4 Å². The van der Waals surface area contributed by atoms with Crippen molar-refractivity contribution in [2.45, 2.75) is 64.8 Å². The standard InChI is InChI=1S/C18H27NO3S/c1-13-8-9-14(2)17(10-13)11-23(21,22)12-18(20)19-15(3)6-5-7-16(19)4/h8-10,15-16H,5-7,11-12H2,1-4H3/t15-,16-/m1/s1. The summed E-state index contributed by atoms with van der Waals surface area (Å²) < 4.78 is 25.0. The van der Waals surface area contributed by atoms with E-state index in [1.54, 1.807) is 4.90 Å². The van der Waals surface area contributed by atoms with Gasteiger partial charge in [-0.15, -0.1) is 0 Å². The average Bonchev–Trinajstić information content (AvgIpc) is 2.41. The summed E-state index contributed by atoms with van der Waals surface area (Å²) in [5.41, 5.74) is 2.77. The molecule has 1 aromatic rings. The molecule has 4 nitrogen and oxygen atoms in total. The quantitative estimate of drug-likeness (QED) is 0.848. The van der Waals surface area contributed by atoms with Gasteiger partial charge in [-0.1, -0.05) is 23.8 Å². The van der Waals surface area contributed by atoms with E-state index in [1.807, 2.05) is 45.9 Å². The van der Waals surface area contributed by atoms with Crippen LogP contribution in [0, 0.1) is 13.8 Å². The van der Waals surface area contributed by atoms with Crippen molar-refractivity contribution in [1.29, 1.82) is 0 Å². The van der Waals surface area contributed by atoms with Gasteiger partial charge in [0.2, 0.25) is 5.91 Å². The predicted octanol–water partition coefficient (Wildman–Crippen LogP) is 3.01. The first kappa shape index (κ1) is 18.0. The van der Waals surface area contributed by atoms with Crippen LogP contribution in [0.2, 0.25) is 0 Å². The van der Waals surface area contributed by atoms with Crippen molar-refractivity contribution in [3.8, 4) is 0 Å². The molecule has 2 atom stereocenters. The van der Waals surface area contributed by atoms with E-state index in [1.165, 1.54) is 0 Å². The molecule has 0 aliphatic carbocycles. The second kappa shape index (κ2) is 7.04. The Kier molecular flexibility index (Phi) is 5.50. The molecule has 1 aliphatic heterocycles. The van der Waals surface area contributed by atoms with Gasteiger partial charge in [0.15, 0.2) is 9.84 Å². The molecule has 0 spiro atoms. The highest BCUT2D eigenvalue weighted by Crippen LogP contribution is 2.23. The van der Waals surface area contributed by atoms with E-state index in [0.29, 0.717) is 0 Å². The van der Waals surface area contributed by atoms with Gasteiger partial charge in [0, 0.05) is 12.1 Å². The second-order valence-electron chi connectivity index (χ2n) is 6.89. The largest absolute Gasteiger partial charge is 0.336 e. The number of nitrogens with zero attached hydrogens (tertiary/aromatic N) is 1. The van der Waals surface area contributed by atoms with Crippen LogP contribution in [0.3, 0.4) is 0 Å². The lowest BCUT2D eigenvalue weighted by molar-refractivity contribution is -0.134. The monoisotopic (exact) mass is 337 g/mol. The van der Waals surface area contributed by atoms with E-state index in [2.05, 4.69) is 0 Å². The van der Waals surface area contributed by atoms with Crippen molar-refractivity contribution in [2.75, 3.05) is 5.75 Å². The molecule has 0 aromatic heterocycles. The van der Waals surface area contributed by atoms with Crippen molar-refractivity contribution < 1.29 is 13.2 Å². The molecule has 1 aliphatic rings. The molecule has 2 rings (SSSR count). The minimum atomic E-state index is -3.46. The summed E-state index contributed by atoms with van der Waals surface area (Å²) in [6.07, 6.45) is 3.00. The highest BCUT2D eigenvalue weighted by atomic mass is 32.2. The Bertz CT molecular complexity index is 672. The molecule has 1 saturated heterocycles. The van der Waals surface area contributed by atoms with Crippen LogP contribution in [0.1, 0.15) is 49.8 Å². The van der Waals surface area contributed by atoms with Crippen LogP contribution in [-0.4, -0.2) is 37.1 Å². The summed E-state index contributed by atoms with van der Waals surface area (Å²) in [7, 11) is -3.46. The number of hydrogen-bond donors (Lipinski definition) is 0. The van der Waals surface area contributed by atoms with Gasteiger partial charge in [-0.25, -0.2) is 8.42 Å². The number of hydrogen-bond acceptors (Lipinski definition) is 3. The molecule has 0 saturated carbocycles. The third-order valence-electron chi connectivity index (χ3n) is 4.70. The summed E-state index contributed by atoms with van der Waals surface area (Å²) in [5, 5.41) is 0. The molecule has 0 N–H and O–H groups in total. The molecule has 0 radical (unpaired) electrons. The lowest BCUT2D eigenvalue weighted by Gasteiger charge is -2.39. The lowest BCUT2D eigenvalue weighted by atomic mass is 9.98. The van der Waals surface area contributed by atoms with Crippen LogP contribution in [0.5, 0.6) is 0 Å². The van der Waals surface area contributed by atoms with Crippen LogP contribution in [0.15, 0.2) is 18.2 Å². The number of aryl methyl sites for hydroxylation is 2. The number of piperidine rings is 1. The Morgan fingerprint density at radius 3 is 2.39 bits per heavy atom. The highest BCUT2D eigenvalue weighted by molar-refractivity contribution is 7.91. The van der Waals surface area contributed by atoms with Crippen molar-refractivity contribution in [2.24, 2.45) is 0 Å². The van der Waals surface area contributed by atoms with Gasteiger partial charge in [-0.3, -0.25) is 4.79 Å². The number of likely N-dealkylation sites (tertiary alicyclic amines) is 1. The van der Waals surface area contributed by atoms with Gasteiger partial charge in [0.1, 0.15) is 5.75 Å². The third-order valence-corrected chi connectivity index (χ3v) is 6.14. The summed E-state index contributed by atoms with van der Waals surface area (Å²) >= 11 is 0. The fraction of sp³-hybridized carbons (Fsp3) is 0.611. The van der Waals surface area contributed by atoms with Crippen molar-refractivity contribution >= 4 is 15.7 Å². The van der Waals surface area contributed by atoms with Crippen molar-refractivity contribution in [3.63, 3.8) is 0 Å². The molecule has 23 heavy (non-hydrogen) atoms. The Labute approximate surface area is 139 Å². The average molecular weight is 337 g/mol. The molecular formula is C18H27NO3S. The minimum Gasteiger partial charge on any atom is -0.336 e.